The third-order valence-corrected chi connectivity index (χ3v) is 4.02. The summed E-state index contributed by atoms with van der Waals surface area (Å²) in [5.41, 5.74) is 3.03. The van der Waals surface area contributed by atoms with Gasteiger partial charge in [0.05, 0.1) is 10.6 Å². The van der Waals surface area contributed by atoms with E-state index in [0.717, 1.165) is 16.8 Å². The molecule has 0 saturated carbocycles. The molecule has 0 radical (unpaired) electrons. The summed E-state index contributed by atoms with van der Waals surface area (Å²) in [5, 5.41) is 3.41. The molecule has 1 N–H and O–H groups in total. The maximum atomic E-state index is 12.0. The number of rotatable bonds is 2. The van der Waals surface area contributed by atoms with Gasteiger partial charge in [-0.1, -0.05) is 42.5 Å². The first kappa shape index (κ1) is 13.6. The Morgan fingerprint density at radius 1 is 1.05 bits per heavy atom. The molecule has 1 aliphatic heterocycles. The smallest absolute Gasteiger partial charge is 0.264 e. The molecule has 0 aliphatic carbocycles. The lowest BCUT2D eigenvalue weighted by Crippen LogP contribution is -2.19. The van der Waals surface area contributed by atoms with Crippen LogP contribution < -0.4 is 5.32 Å². The molecular weight excluding hydrogens is 280 g/mol. The standard InChI is InChI=1S/C17H14N2OS/c1-12-7-5-6-8-13(12)11-15-16(20)19-17(21-15)18-14-9-3-2-4-10-14/h2-11H,1H3,(H,18,19,20)/b15-11+. The van der Waals surface area contributed by atoms with Crippen LogP contribution in [0.2, 0.25) is 0 Å². The van der Waals surface area contributed by atoms with E-state index in [0.29, 0.717) is 10.1 Å². The van der Waals surface area contributed by atoms with Gasteiger partial charge in [-0.3, -0.25) is 4.79 Å². The van der Waals surface area contributed by atoms with E-state index in [1.54, 1.807) is 0 Å². The lowest BCUT2D eigenvalue weighted by atomic mass is 10.1. The number of aliphatic imine (C=N–C) groups is 1. The first-order chi connectivity index (χ1) is 10.2. The number of nitrogens with zero attached hydrogens (tertiary/aromatic N) is 1. The van der Waals surface area contributed by atoms with E-state index in [-0.39, 0.29) is 5.91 Å². The van der Waals surface area contributed by atoms with Gasteiger partial charge in [0.25, 0.3) is 5.91 Å². The van der Waals surface area contributed by atoms with Gasteiger partial charge in [-0.05, 0) is 48.0 Å². The normalized spacial score (nSPS) is 18.2. The van der Waals surface area contributed by atoms with Gasteiger partial charge in [-0.15, -0.1) is 0 Å². The van der Waals surface area contributed by atoms with Gasteiger partial charge >= 0.3 is 0 Å². The molecule has 1 heterocycles. The van der Waals surface area contributed by atoms with Crippen LogP contribution in [0, 0.1) is 6.92 Å². The summed E-state index contributed by atoms with van der Waals surface area (Å²) in [7, 11) is 0. The number of hydrogen-bond acceptors (Lipinski definition) is 3. The van der Waals surface area contributed by atoms with E-state index in [4.69, 9.17) is 0 Å². The molecule has 0 aromatic heterocycles. The van der Waals surface area contributed by atoms with Gasteiger partial charge in [0.15, 0.2) is 5.17 Å². The molecule has 0 atom stereocenters. The van der Waals surface area contributed by atoms with E-state index in [9.17, 15) is 4.79 Å². The quantitative estimate of drug-likeness (QED) is 0.854. The van der Waals surface area contributed by atoms with E-state index in [1.807, 2.05) is 67.6 Å². The van der Waals surface area contributed by atoms with E-state index < -0.39 is 0 Å². The summed E-state index contributed by atoms with van der Waals surface area (Å²) in [6, 6.07) is 17.6. The number of amides is 1. The van der Waals surface area contributed by atoms with Gasteiger partial charge < -0.3 is 5.32 Å². The Balaban J connectivity index is 1.86. The second kappa shape index (κ2) is 5.97. The number of carbonyl (C=O) groups excluding carboxylic acids is 1. The minimum atomic E-state index is -0.0991. The largest absolute Gasteiger partial charge is 0.300 e. The molecule has 4 heteroatoms. The maximum Gasteiger partial charge on any atom is 0.264 e. The third-order valence-electron chi connectivity index (χ3n) is 3.11. The van der Waals surface area contributed by atoms with Crippen LogP contribution in [-0.2, 0) is 4.79 Å². The van der Waals surface area contributed by atoms with Crippen molar-refractivity contribution < 1.29 is 4.79 Å². The fraction of sp³-hybridized carbons (Fsp3) is 0.0588. The molecule has 3 nitrogen and oxygen atoms in total. The van der Waals surface area contributed by atoms with Crippen molar-refractivity contribution in [2.24, 2.45) is 4.99 Å². The molecule has 0 spiro atoms. The predicted octanol–water partition coefficient (Wildman–Crippen LogP) is 3.89. The van der Waals surface area contributed by atoms with Gasteiger partial charge in [0, 0.05) is 0 Å². The average molecular weight is 294 g/mol. The van der Waals surface area contributed by atoms with Crippen molar-refractivity contribution in [3.63, 3.8) is 0 Å². The van der Waals surface area contributed by atoms with Crippen molar-refractivity contribution in [1.29, 1.82) is 0 Å². The molecule has 1 fully saturated rings. The van der Waals surface area contributed by atoms with Crippen LogP contribution in [0.1, 0.15) is 11.1 Å². The Morgan fingerprint density at radius 3 is 2.52 bits per heavy atom. The molecule has 21 heavy (non-hydrogen) atoms. The SMILES string of the molecule is Cc1ccccc1/C=C1/SC(=Nc2ccccc2)NC1=O. The molecule has 1 saturated heterocycles. The second-order valence-corrected chi connectivity index (χ2v) is 5.70. The fourth-order valence-electron chi connectivity index (χ4n) is 1.99. The molecule has 3 rings (SSSR count). The summed E-state index contributed by atoms with van der Waals surface area (Å²) in [6.45, 7) is 2.03. The Kier molecular flexibility index (Phi) is 3.88. The Morgan fingerprint density at radius 2 is 1.76 bits per heavy atom. The zero-order chi connectivity index (χ0) is 14.7. The lowest BCUT2D eigenvalue weighted by molar-refractivity contribution is -0.115. The molecule has 0 unspecified atom stereocenters. The van der Waals surface area contributed by atoms with Gasteiger partial charge in [-0.25, -0.2) is 4.99 Å². The van der Waals surface area contributed by atoms with Crippen molar-refractivity contribution in [3.8, 4) is 0 Å². The zero-order valence-electron chi connectivity index (χ0n) is 11.5. The van der Waals surface area contributed by atoms with Crippen LogP contribution in [0.5, 0.6) is 0 Å². The summed E-state index contributed by atoms with van der Waals surface area (Å²) >= 11 is 1.37. The van der Waals surface area contributed by atoms with Crippen LogP contribution in [-0.4, -0.2) is 11.1 Å². The molecule has 1 aliphatic rings. The second-order valence-electron chi connectivity index (χ2n) is 4.67. The van der Waals surface area contributed by atoms with E-state index in [1.165, 1.54) is 11.8 Å². The molecule has 0 bridgehead atoms. The fourth-order valence-corrected chi connectivity index (χ4v) is 2.82. The summed E-state index contributed by atoms with van der Waals surface area (Å²) in [4.78, 5) is 17.1. The van der Waals surface area contributed by atoms with Crippen LogP contribution >= 0.6 is 11.8 Å². The molecular formula is C17H14N2OS. The van der Waals surface area contributed by atoms with Crippen LogP contribution in [0.25, 0.3) is 6.08 Å². The van der Waals surface area contributed by atoms with Gasteiger partial charge in [0.1, 0.15) is 0 Å². The summed E-state index contributed by atoms with van der Waals surface area (Å²) in [5.74, 6) is -0.0991. The Hall–Kier alpha value is -2.33. The highest BCUT2D eigenvalue weighted by atomic mass is 32.2. The van der Waals surface area contributed by atoms with E-state index in [2.05, 4.69) is 10.3 Å². The topological polar surface area (TPSA) is 41.5 Å². The van der Waals surface area contributed by atoms with Crippen molar-refractivity contribution in [3.05, 3.63) is 70.6 Å². The number of amidine groups is 1. The zero-order valence-corrected chi connectivity index (χ0v) is 12.4. The highest BCUT2D eigenvalue weighted by molar-refractivity contribution is 8.18. The minimum Gasteiger partial charge on any atom is -0.300 e. The van der Waals surface area contributed by atoms with Gasteiger partial charge in [0.2, 0.25) is 0 Å². The first-order valence-electron chi connectivity index (χ1n) is 6.62. The lowest BCUT2D eigenvalue weighted by Gasteiger charge is -1.99. The molecule has 1 amide bonds. The molecule has 104 valence electrons. The predicted molar refractivity (Wildman–Crippen MR) is 88.4 cm³/mol. The Labute approximate surface area is 127 Å². The van der Waals surface area contributed by atoms with Crippen molar-refractivity contribution in [2.45, 2.75) is 6.92 Å². The Bertz CT molecular complexity index is 735. The van der Waals surface area contributed by atoms with Crippen molar-refractivity contribution in [2.75, 3.05) is 0 Å². The monoisotopic (exact) mass is 294 g/mol. The number of aryl methyl sites for hydroxylation is 1. The highest BCUT2D eigenvalue weighted by Gasteiger charge is 2.23. The van der Waals surface area contributed by atoms with Crippen molar-refractivity contribution >= 4 is 34.6 Å². The van der Waals surface area contributed by atoms with Crippen LogP contribution in [0.15, 0.2) is 64.5 Å². The van der Waals surface area contributed by atoms with Crippen LogP contribution in [0.3, 0.4) is 0 Å². The summed E-state index contributed by atoms with van der Waals surface area (Å²) in [6.07, 6.45) is 1.91. The number of para-hydroxylation sites is 1. The van der Waals surface area contributed by atoms with E-state index >= 15 is 0 Å². The van der Waals surface area contributed by atoms with Crippen molar-refractivity contribution in [1.82, 2.24) is 5.32 Å². The number of thioether (sulfide) groups is 1. The number of hydrogen-bond donors (Lipinski definition) is 1. The summed E-state index contributed by atoms with van der Waals surface area (Å²) < 4.78 is 0. The van der Waals surface area contributed by atoms with Crippen LogP contribution in [0.4, 0.5) is 5.69 Å². The third kappa shape index (κ3) is 3.23. The minimum absolute atomic E-state index is 0.0991. The molecule has 2 aromatic rings. The number of carbonyl (C=O) groups is 1. The number of nitrogens with one attached hydrogen (secondary N) is 1. The van der Waals surface area contributed by atoms with Gasteiger partial charge in [-0.2, -0.15) is 0 Å². The molecule has 2 aromatic carbocycles. The first-order valence-corrected chi connectivity index (χ1v) is 7.44. The maximum absolute atomic E-state index is 12.0. The average Bonchev–Trinajstić information content (AvgIpc) is 2.82. The number of benzene rings is 2. The highest BCUT2D eigenvalue weighted by Crippen LogP contribution is 2.28.